The maximum absolute atomic E-state index is 13.8. The average Bonchev–Trinajstić information content (AvgIpc) is 2.86. The van der Waals surface area contributed by atoms with Crippen LogP contribution in [0.1, 0.15) is 6.42 Å². The summed E-state index contributed by atoms with van der Waals surface area (Å²) in [6.07, 6.45) is 1.50. The minimum Gasteiger partial charge on any atom is -0.392 e. The largest absolute Gasteiger partial charge is 0.392 e. The second kappa shape index (κ2) is 4.28. The summed E-state index contributed by atoms with van der Waals surface area (Å²) in [6.45, 7) is -0.529. The van der Waals surface area contributed by atoms with Crippen molar-refractivity contribution in [2.75, 3.05) is 13.7 Å². The van der Waals surface area contributed by atoms with E-state index in [1.165, 1.54) is 39.8 Å². The number of carbonyl (C=O) groups is 2. The number of likely N-dealkylation sites (N-methyl/N-ethyl adjacent to an activating group) is 1. The first kappa shape index (κ1) is 14.6. The number of allylic oxidation sites excluding steroid dienone is 2. The lowest BCUT2D eigenvalue weighted by Crippen LogP contribution is -2.77. The van der Waals surface area contributed by atoms with Crippen LogP contribution in [0.25, 0.3) is 0 Å². The van der Waals surface area contributed by atoms with Crippen molar-refractivity contribution in [3.05, 3.63) is 23.6 Å². The summed E-state index contributed by atoms with van der Waals surface area (Å²) in [6, 6.07) is -0.880. The second-order valence-electron chi connectivity index (χ2n) is 5.79. The zero-order chi connectivity index (χ0) is 15.9. The van der Waals surface area contributed by atoms with E-state index < -0.39 is 40.2 Å². The monoisotopic (exact) mass is 344 g/mol. The number of piperazine rings is 1. The van der Waals surface area contributed by atoms with Crippen molar-refractivity contribution < 1.29 is 24.2 Å². The Balaban J connectivity index is 1.89. The van der Waals surface area contributed by atoms with Gasteiger partial charge in [-0.2, -0.15) is 0 Å². The standard InChI is InChI=1S/C13H13FN2O4S2/c1-15-10(19)12-4-6-2-3-7(14)9(18)8(6)16(12)11(20)13(15,5-17)22-21-12/h2-3,8-9,17-18H,4-5H2,1H3. The molecule has 22 heavy (non-hydrogen) atoms. The maximum atomic E-state index is 13.8. The Hall–Kier alpha value is -1.03. The molecule has 0 aromatic heterocycles. The Bertz CT molecular complexity index is 668. The molecule has 2 N–H and O–H groups in total. The van der Waals surface area contributed by atoms with Crippen LogP contribution >= 0.6 is 21.6 Å². The van der Waals surface area contributed by atoms with Crippen molar-refractivity contribution in [3.8, 4) is 0 Å². The quantitative estimate of drug-likeness (QED) is 0.652. The van der Waals surface area contributed by atoms with Crippen LogP contribution in [0, 0.1) is 0 Å². The average molecular weight is 344 g/mol. The van der Waals surface area contributed by atoms with E-state index in [9.17, 15) is 24.2 Å². The highest BCUT2D eigenvalue weighted by molar-refractivity contribution is 8.78. The predicted molar refractivity (Wildman–Crippen MR) is 79.0 cm³/mol. The van der Waals surface area contributed by atoms with Gasteiger partial charge in [-0.15, -0.1) is 0 Å². The Kier molecular flexibility index (Phi) is 2.83. The van der Waals surface area contributed by atoms with Crippen molar-refractivity contribution in [3.63, 3.8) is 0 Å². The van der Waals surface area contributed by atoms with Crippen molar-refractivity contribution in [1.29, 1.82) is 0 Å². The lowest BCUT2D eigenvalue weighted by Gasteiger charge is -2.58. The lowest BCUT2D eigenvalue weighted by atomic mass is 9.96. The summed E-state index contributed by atoms with van der Waals surface area (Å²) >= 11 is 0. The van der Waals surface area contributed by atoms with Crippen LogP contribution in [0.4, 0.5) is 4.39 Å². The third-order valence-electron chi connectivity index (χ3n) is 4.79. The number of aliphatic hydroxyl groups excluding tert-OH is 2. The number of amides is 2. The Morgan fingerprint density at radius 1 is 1.36 bits per heavy atom. The van der Waals surface area contributed by atoms with E-state index in [0.29, 0.717) is 5.57 Å². The molecule has 6 nitrogen and oxygen atoms in total. The third kappa shape index (κ3) is 1.37. The van der Waals surface area contributed by atoms with Gasteiger partial charge in [0.15, 0.2) is 4.87 Å². The molecule has 4 atom stereocenters. The van der Waals surface area contributed by atoms with Gasteiger partial charge in [-0.05, 0) is 22.4 Å². The van der Waals surface area contributed by atoms with E-state index in [4.69, 9.17) is 0 Å². The van der Waals surface area contributed by atoms with Crippen LogP contribution in [0.5, 0.6) is 0 Å². The van der Waals surface area contributed by atoms with E-state index >= 15 is 0 Å². The molecule has 4 fully saturated rings. The molecule has 1 aliphatic carbocycles. The molecule has 118 valence electrons. The van der Waals surface area contributed by atoms with E-state index in [2.05, 4.69) is 0 Å². The topological polar surface area (TPSA) is 81.1 Å². The predicted octanol–water partition coefficient (Wildman–Crippen LogP) is -0.00650. The van der Waals surface area contributed by atoms with Gasteiger partial charge in [0.05, 0.1) is 12.6 Å². The fourth-order valence-corrected chi connectivity index (χ4v) is 7.13. The van der Waals surface area contributed by atoms with Crippen LogP contribution in [-0.4, -0.2) is 67.4 Å². The van der Waals surface area contributed by atoms with Gasteiger partial charge in [0.25, 0.3) is 11.8 Å². The number of carbonyl (C=O) groups excluding carboxylic acids is 2. The fourth-order valence-electron chi connectivity index (χ4n) is 3.56. The highest BCUT2D eigenvalue weighted by Gasteiger charge is 2.73. The van der Waals surface area contributed by atoms with E-state index in [-0.39, 0.29) is 12.3 Å². The Labute approximate surface area is 133 Å². The summed E-state index contributed by atoms with van der Waals surface area (Å²) in [4.78, 5) is 25.7. The van der Waals surface area contributed by atoms with Crippen molar-refractivity contribution in [2.45, 2.75) is 28.3 Å². The number of aliphatic hydroxyl groups is 2. The summed E-state index contributed by atoms with van der Waals surface area (Å²) in [5.41, 5.74) is 0.660. The van der Waals surface area contributed by atoms with Crippen LogP contribution in [0.3, 0.4) is 0 Å². The normalized spacial score (nSPS) is 43.1. The summed E-state index contributed by atoms with van der Waals surface area (Å²) in [5.74, 6) is -1.48. The van der Waals surface area contributed by atoms with Crippen LogP contribution in [0.15, 0.2) is 23.6 Å². The first-order valence-corrected chi connectivity index (χ1v) is 8.88. The first-order valence-electron chi connectivity index (χ1n) is 6.73. The SMILES string of the molecule is CN1C(=O)C23CC4=CC=C(F)C(O)C4N2C(=O)C1(CO)SS3. The Morgan fingerprint density at radius 2 is 2.09 bits per heavy atom. The molecule has 4 heterocycles. The van der Waals surface area contributed by atoms with Gasteiger partial charge in [-0.1, -0.05) is 16.9 Å². The molecule has 2 bridgehead atoms. The molecule has 4 saturated heterocycles. The molecular formula is C13H13FN2O4S2. The molecule has 9 heteroatoms. The van der Waals surface area contributed by atoms with Crippen molar-refractivity contribution >= 4 is 33.4 Å². The maximum Gasteiger partial charge on any atom is 0.264 e. The molecule has 5 aliphatic rings. The van der Waals surface area contributed by atoms with E-state index in [1.54, 1.807) is 0 Å². The van der Waals surface area contributed by atoms with Gasteiger partial charge in [-0.3, -0.25) is 9.59 Å². The minimum absolute atomic E-state index is 0.257. The molecular weight excluding hydrogens is 331 g/mol. The molecule has 2 amide bonds. The zero-order valence-corrected chi connectivity index (χ0v) is 13.2. The van der Waals surface area contributed by atoms with Gasteiger partial charge in [-0.25, -0.2) is 4.39 Å². The highest BCUT2D eigenvalue weighted by Crippen LogP contribution is 2.64. The van der Waals surface area contributed by atoms with Gasteiger partial charge in [0.1, 0.15) is 11.9 Å². The smallest absolute Gasteiger partial charge is 0.264 e. The number of hydrogen-bond donors (Lipinski definition) is 2. The Morgan fingerprint density at radius 3 is 2.77 bits per heavy atom. The molecule has 4 unspecified atom stereocenters. The highest BCUT2D eigenvalue weighted by atomic mass is 33.1. The first-order chi connectivity index (χ1) is 10.4. The molecule has 4 aliphatic heterocycles. The number of halogens is 1. The molecule has 0 aromatic rings. The zero-order valence-electron chi connectivity index (χ0n) is 11.5. The third-order valence-corrected chi connectivity index (χ3v) is 8.43. The number of nitrogens with zero attached hydrogens (tertiary/aromatic N) is 2. The van der Waals surface area contributed by atoms with E-state index in [1.807, 2.05) is 0 Å². The fraction of sp³-hybridized carbons (Fsp3) is 0.538. The van der Waals surface area contributed by atoms with Crippen molar-refractivity contribution in [1.82, 2.24) is 9.80 Å². The van der Waals surface area contributed by atoms with Crippen molar-refractivity contribution in [2.24, 2.45) is 0 Å². The molecule has 0 aromatic carbocycles. The van der Waals surface area contributed by atoms with E-state index in [0.717, 1.165) is 10.8 Å². The van der Waals surface area contributed by atoms with Crippen LogP contribution in [0.2, 0.25) is 0 Å². The van der Waals surface area contributed by atoms with Gasteiger partial charge in [0, 0.05) is 13.5 Å². The summed E-state index contributed by atoms with van der Waals surface area (Å²) < 4.78 is 13.8. The number of rotatable bonds is 1. The van der Waals surface area contributed by atoms with Gasteiger partial charge in [0.2, 0.25) is 4.87 Å². The van der Waals surface area contributed by atoms with Crippen LogP contribution < -0.4 is 0 Å². The van der Waals surface area contributed by atoms with Gasteiger partial charge < -0.3 is 20.0 Å². The van der Waals surface area contributed by atoms with Crippen LogP contribution in [-0.2, 0) is 9.59 Å². The molecule has 1 spiro atoms. The lowest BCUT2D eigenvalue weighted by molar-refractivity contribution is -0.168. The molecule has 0 saturated carbocycles. The molecule has 0 radical (unpaired) electrons. The summed E-state index contributed by atoms with van der Waals surface area (Å²) in [5, 5.41) is 19.9. The number of hydrogen-bond acceptors (Lipinski definition) is 6. The van der Waals surface area contributed by atoms with Gasteiger partial charge >= 0.3 is 0 Å². The summed E-state index contributed by atoms with van der Waals surface area (Å²) in [7, 11) is 3.86. The minimum atomic E-state index is -1.47. The molecule has 5 rings (SSSR count). The number of fused-ring (bicyclic) bond motifs is 3. The second-order valence-corrected chi connectivity index (χ2v) is 8.48.